The Morgan fingerprint density at radius 3 is 2.65 bits per heavy atom. The van der Waals surface area contributed by atoms with Crippen molar-refractivity contribution in [3.8, 4) is 5.75 Å². The topological polar surface area (TPSA) is 86.6 Å². The van der Waals surface area contributed by atoms with E-state index in [1.807, 2.05) is 0 Å². The first kappa shape index (κ1) is 13.3. The fraction of sp³-hybridized carbons (Fsp3) is 0.273. The highest BCUT2D eigenvalue weighted by Gasteiger charge is 2.10. The van der Waals surface area contributed by atoms with Gasteiger partial charge in [-0.15, -0.1) is 11.6 Å². The SMILES string of the molecule is O=C(CCCCl)Nc1cc(C(=O)O)ccc1O. The zero-order valence-electron chi connectivity index (χ0n) is 8.94. The molecule has 0 radical (unpaired) electrons. The Labute approximate surface area is 103 Å². The maximum atomic E-state index is 11.4. The van der Waals surface area contributed by atoms with Gasteiger partial charge in [0.2, 0.25) is 5.91 Å². The first-order chi connectivity index (χ1) is 8.04. The number of nitrogens with one attached hydrogen (secondary N) is 1. The van der Waals surface area contributed by atoms with Crippen molar-refractivity contribution in [3.05, 3.63) is 23.8 Å². The first-order valence-corrected chi connectivity index (χ1v) is 5.50. The number of hydrogen-bond donors (Lipinski definition) is 3. The lowest BCUT2D eigenvalue weighted by molar-refractivity contribution is -0.116. The predicted octanol–water partition coefficient (Wildman–Crippen LogP) is 2.05. The molecule has 0 aliphatic rings. The van der Waals surface area contributed by atoms with Crippen LogP contribution in [0.2, 0.25) is 0 Å². The number of phenols is 1. The summed E-state index contributed by atoms with van der Waals surface area (Å²) < 4.78 is 0. The summed E-state index contributed by atoms with van der Waals surface area (Å²) in [7, 11) is 0. The minimum absolute atomic E-state index is 0.00422. The molecule has 6 heteroatoms. The number of carbonyl (C=O) groups is 2. The van der Waals surface area contributed by atoms with Crippen LogP contribution >= 0.6 is 11.6 Å². The molecule has 0 saturated heterocycles. The predicted molar refractivity (Wildman–Crippen MR) is 63.6 cm³/mol. The van der Waals surface area contributed by atoms with Crippen molar-refractivity contribution >= 4 is 29.2 Å². The number of hydrogen-bond acceptors (Lipinski definition) is 3. The van der Waals surface area contributed by atoms with Crippen LogP contribution in [-0.4, -0.2) is 28.0 Å². The molecule has 0 aliphatic heterocycles. The van der Waals surface area contributed by atoms with Crippen molar-refractivity contribution in [2.75, 3.05) is 11.2 Å². The zero-order valence-corrected chi connectivity index (χ0v) is 9.70. The quantitative estimate of drug-likeness (QED) is 0.557. The van der Waals surface area contributed by atoms with Crippen LogP contribution in [0.25, 0.3) is 0 Å². The van der Waals surface area contributed by atoms with E-state index in [2.05, 4.69) is 5.32 Å². The minimum atomic E-state index is -1.12. The fourth-order valence-electron chi connectivity index (χ4n) is 1.21. The van der Waals surface area contributed by atoms with Gasteiger partial charge >= 0.3 is 5.97 Å². The third-order valence-electron chi connectivity index (χ3n) is 2.06. The molecule has 5 nitrogen and oxygen atoms in total. The van der Waals surface area contributed by atoms with E-state index in [0.29, 0.717) is 12.3 Å². The number of amides is 1. The summed E-state index contributed by atoms with van der Waals surface area (Å²) in [5, 5.41) is 20.7. The zero-order chi connectivity index (χ0) is 12.8. The number of carbonyl (C=O) groups excluding carboxylic acids is 1. The van der Waals surface area contributed by atoms with Crippen LogP contribution in [0, 0.1) is 0 Å². The van der Waals surface area contributed by atoms with Gasteiger partial charge in [-0.25, -0.2) is 4.79 Å². The van der Waals surface area contributed by atoms with Gasteiger partial charge in [0.25, 0.3) is 0 Å². The van der Waals surface area contributed by atoms with Crippen molar-refractivity contribution in [1.29, 1.82) is 0 Å². The van der Waals surface area contributed by atoms with Crippen LogP contribution in [0.15, 0.2) is 18.2 Å². The second-order valence-corrected chi connectivity index (χ2v) is 3.76. The molecule has 0 bridgehead atoms. The first-order valence-electron chi connectivity index (χ1n) is 4.96. The standard InChI is InChI=1S/C11H12ClNO4/c12-5-1-2-10(15)13-8-6-7(11(16)17)3-4-9(8)14/h3-4,6,14H,1-2,5H2,(H,13,15)(H,16,17). The van der Waals surface area contributed by atoms with E-state index in [-0.39, 0.29) is 29.3 Å². The Morgan fingerprint density at radius 1 is 1.35 bits per heavy atom. The third kappa shape index (κ3) is 3.96. The third-order valence-corrected chi connectivity index (χ3v) is 2.32. The highest BCUT2D eigenvalue weighted by atomic mass is 35.5. The number of benzene rings is 1. The maximum absolute atomic E-state index is 11.4. The average Bonchev–Trinajstić information content (AvgIpc) is 2.29. The summed E-state index contributed by atoms with van der Waals surface area (Å²) in [5.41, 5.74) is 0.0833. The molecule has 1 aromatic rings. The van der Waals surface area contributed by atoms with Crippen LogP contribution in [0.3, 0.4) is 0 Å². The Balaban J connectivity index is 2.79. The van der Waals surface area contributed by atoms with Crippen molar-refractivity contribution in [2.24, 2.45) is 0 Å². The Bertz CT molecular complexity index is 433. The molecule has 0 aromatic heterocycles. The number of alkyl halides is 1. The molecular formula is C11H12ClNO4. The van der Waals surface area contributed by atoms with E-state index < -0.39 is 5.97 Å². The van der Waals surface area contributed by atoms with Gasteiger partial charge in [-0.3, -0.25) is 4.79 Å². The number of phenolic OH excluding ortho intramolecular Hbond substituents is 1. The molecular weight excluding hydrogens is 246 g/mol. The monoisotopic (exact) mass is 257 g/mol. The van der Waals surface area contributed by atoms with Gasteiger partial charge in [-0.05, 0) is 24.6 Å². The molecule has 0 spiro atoms. The number of aromatic carboxylic acids is 1. The molecule has 0 atom stereocenters. The van der Waals surface area contributed by atoms with Gasteiger partial charge in [-0.2, -0.15) is 0 Å². The molecule has 0 fully saturated rings. The Morgan fingerprint density at radius 2 is 2.06 bits per heavy atom. The lowest BCUT2D eigenvalue weighted by Gasteiger charge is -2.07. The molecule has 17 heavy (non-hydrogen) atoms. The van der Waals surface area contributed by atoms with Crippen molar-refractivity contribution in [2.45, 2.75) is 12.8 Å². The van der Waals surface area contributed by atoms with E-state index in [9.17, 15) is 14.7 Å². The smallest absolute Gasteiger partial charge is 0.335 e. The molecule has 3 N–H and O–H groups in total. The van der Waals surface area contributed by atoms with Crippen LogP contribution < -0.4 is 5.32 Å². The van der Waals surface area contributed by atoms with Gasteiger partial charge in [0.15, 0.2) is 0 Å². The van der Waals surface area contributed by atoms with Crippen LogP contribution in [-0.2, 0) is 4.79 Å². The second-order valence-electron chi connectivity index (χ2n) is 3.38. The highest BCUT2D eigenvalue weighted by Crippen LogP contribution is 2.24. The lowest BCUT2D eigenvalue weighted by Crippen LogP contribution is -2.12. The summed E-state index contributed by atoms with van der Waals surface area (Å²) in [6.45, 7) is 0. The molecule has 0 unspecified atom stereocenters. The van der Waals surface area contributed by atoms with Gasteiger partial charge in [0.1, 0.15) is 5.75 Å². The van der Waals surface area contributed by atoms with Gasteiger partial charge in [-0.1, -0.05) is 0 Å². The number of anilines is 1. The lowest BCUT2D eigenvalue weighted by atomic mass is 10.2. The van der Waals surface area contributed by atoms with Crippen LogP contribution in [0.1, 0.15) is 23.2 Å². The average molecular weight is 258 g/mol. The van der Waals surface area contributed by atoms with Gasteiger partial charge in [0, 0.05) is 12.3 Å². The second kappa shape index (κ2) is 6.10. The Kier molecular flexibility index (Phi) is 4.78. The summed E-state index contributed by atoms with van der Waals surface area (Å²) in [6, 6.07) is 3.68. The number of halogens is 1. The molecule has 1 aromatic carbocycles. The highest BCUT2D eigenvalue weighted by molar-refractivity contribution is 6.18. The molecule has 0 aliphatic carbocycles. The summed E-state index contributed by atoms with van der Waals surface area (Å²) in [6.07, 6.45) is 0.743. The Hall–Kier alpha value is -1.75. The van der Waals surface area contributed by atoms with Crippen molar-refractivity contribution in [1.82, 2.24) is 0 Å². The van der Waals surface area contributed by atoms with E-state index >= 15 is 0 Å². The summed E-state index contributed by atoms with van der Waals surface area (Å²) >= 11 is 5.44. The van der Waals surface area contributed by atoms with E-state index in [1.165, 1.54) is 18.2 Å². The van der Waals surface area contributed by atoms with Crippen molar-refractivity contribution < 1.29 is 19.8 Å². The molecule has 1 amide bonds. The normalized spacial score (nSPS) is 9.94. The number of carboxylic acid groups (broad SMARTS) is 1. The van der Waals surface area contributed by atoms with E-state index in [4.69, 9.17) is 16.7 Å². The molecule has 0 saturated carbocycles. The van der Waals surface area contributed by atoms with Crippen LogP contribution in [0.5, 0.6) is 5.75 Å². The number of carboxylic acids is 1. The maximum Gasteiger partial charge on any atom is 0.335 e. The van der Waals surface area contributed by atoms with Crippen LogP contribution in [0.4, 0.5) is 5.69 Å². The van der Waals surface area contributed by atoms with E-state index in [0.717, 1.165) is 0 Å². The van der Waals surface area contributed by atoms with Crippen molar-refractivity contribution in [3.63, 3.8) is 0 Å². The molecule has 92 valence electrons. The number of rotatable bonds is 5. The molecule has 0 heterocycles. The largest absolute Gasteiger partial charge is 0.506 e. The summed E-state index contributed by atoms with van der Waals surface area (Å²) in [5.74, 6) is -1.24. The number of aromatic hydroxyl groups is 1. The van der Waals surface area contributed by atoms with Gasteiger partial charge < -0.3 is 15.5 Å². The fourth-order valence-corrected chi connectivity index (χ4v) is 1.34. The van der Waals surface area contributed by atoms with Gasteiger partial charge in [0.05, 0.1) is 11.3 Å². The molecule has 1 rings (SSSR count). The van der Waals surface area contributed by atoms with E-state index in [1.54, 1.807) is 0 Å². The summed E-state index contributed by atoms with van der Waals surface area (Å²) in [4.78, 5) is 22.1. The minimum Gasteiger partial charge on any atom is -0.506 e.